The molecule has 0 atom stereocenters. The zero-order valence-electron chi connectivity index (χ0n) is 12.7. The van der Waals surface area contributed by atoms with Crippen LogP contribution in [-0.4, -0.2) is 37.6 Å². The number of nitrogens with one attached hydrogen (secondary N) is 1. The largest absolute Gasteiger partial charge is 0.396 e. The first-order valence-corrected chi connectivity index (χ1v) is 8.90. The van der Waals surface area contributed by atoms with Gasteiger partial charge in [-0.25, -0.2) is 0 Å². The van der Waals surface area contributed by atoms with Crippen LogP contribution in [0.4, 0.5) is 5.82 Å². The highest BCUT2D eigenvalue weighted by Gasteiger charge is 2.21. The maximum Gasteiger partial charge on any atom is 0.186 e. The number of rotatable bonds is 4. The van der Waals surface area contributed by atoms with Crippen molar-refractivity contribution < 1.29 is 5.11 Å². The number of hydrogen-bond donors (Lipinski definition) is 2. The van der Waals surface area contributed by atoms with Gasteiger partial charge in [-0.2, -0.15) is 15.9 Å². The van der Waals surface area contributed by atoms with E-state index in [4.69, 9.17) is 0 Å². The molecule has 3 heterocycles. The van der Waals surface area contributed by atoms with Gasteiger partial charge in [-0.3, -0.25) is 0 Å². The number of aromatic nitrogens is 4. The van der Waals surface area contributed by atoms with Gasteiger partial charge < -0.3 is 10.4 Å². The summed E-state index contributed by atoms with van der Waals surface area (Å²) in [4.78, 5) is 0. The molecule has 0 aromatic carbocycles. The topological polar surface area (TPSA) is 75.3 Å². The van der Waals surface area contributed by atoms with Crippen LogP contribution in [0.2, 0.25) is 0 Å². The Morgan fingerprint density at radius 1 is 1.17 bits per heavy atom. The minimum absolute atomic E-state index is 0.307. The molecule has 2 N–H and O–H groups in total. The molecule has 0 radical (unpaired) electrons. The molecule has 1 saturated carbocycles. The molecule has 0 unspecified atom stereocenters. The molecule has 0 bridgehead atoms. The first kappa shape index (κ1) is 14.6. The molecule has 0 spiro atoms. The average molecular weight is 329 g/mol. The highest BCUT2D eigenvalue weighted by Crippen LogP contribution is 2.26. The Morgan fingerprint density at radius 3 is 2.78 bits per heavy atom. The third-order valence-electron chi connectivity index (χ3n) is 4.50. The Hall–Kier alpha value is -1.99. The number of nitrogens with zero attached hydrogens (tertiary/aromatic N) is 4. The Morgan fingerprint density at radius 2 is 2.04 bits per heavy atom. The van der Waals surface area contributed by atoms with E-state index in [0.29, 0.717) is 18.6 Å². The lowest BCUT2D eigenvalue weighted by molar-refractivity contribution is 0.185. The summed E-state index contributed by atoms with van der Waals surface area (Å²) in [5.74, 6) is 2.08. The summed E-state index contributed by atoms with van der Waals surface area (Å²) in [6.45, 7) is 0.307. The maximum absolute atomic E-state index is 9.23. The fourth-order valence-electron chi connectivity index (χ4n) is 3.14. The van der Waals surface area contributed by atoms with E-state index in [9.17, 15) is 5.11 Å². The minimum Gasteiger partial charge on any atom is -0.396 e. The van der Waals surface area contributed by atoms with E-state index in [1.165, 1.54) is 0 Å². The summed E-state index contributed by atoms with van der Waals surface area (Å²) in [7, 11) is 0. The molecule has 0 amide bonds. The quantitative estimate of drug-likeness (QED) is 0.770. The van der Waals surface area contributed by atoms with E-state index < -0.39 is 0 Å². The van der Waals surface area contributed by atoms with Gasteiger partial charge in [-0.05, 0) is 55.2 Å². The van der Waals surface area contributed by atoms with Crippen LogP contribution in [0.15, 0.2) is 29.0 Å². The van der Waals surface area contributed by atoms with Crippen molar-refractivity contribution >= 4 is 22.8 Å². The Bertz CT molecular complexity index is 777. The first-order chi connectivity index (χ1) is 11.3. The number of fused-ring (bicyclic) bond motifs is 1. The summed E-state index contributed by atoms with van der Waals surface area (Å²) in [5.41, 5.74) is 1.79. The van der Waals surface area contributed by atoms with Crippen molar-refractivity contribution in [3.63, 3.8) is 0 Å². The molecule has 120 valence electrons. The van der Waals surface area contributed by atoms with Crippen molar-refractivity contribution in [3.05, 3.63) is 29.0 Å². The van der Waals surface area contributed by atoms with Gasteiger partial charge in [-0.1, -0.05) is 0 Å². The van der Waals surface area contributed by atoms with Crippen LogP contribution in [0.5, 0.6) is 0 Å². The monoisotopic (exact) mass is 329 g/mol. The van der Waals surface area contributed by atoms with Crippen LogP contribution in [0.1, 0.15) is 25.7 Å². The summed E-state index contributed by atoms with van der Waals surface area (Å²) in [6, 6.07) is 6.35. The molecule has 3 aromatic rings. The van der Waals surface area contributed by atoms with Crippen molar-refractivity contribution in [1.29, 1.82) is 0 Å². The molecule has 3 aromatic heterocycles. The van der Waals surface area contributed by atoms with Crippen molar-refractivity contribution in [2.45, 2.75) is 31.7 Å². The number of aliphatic hydroxyl groups is 1. The van der Waals surface area contributed by atoms with Crippen LogP contribution < -0.4 is 5.32 Å². The van der Waals surface area contributed by atoms with Gasteiger partial charge in [-0.15, -0.1) is 15.3 Å². The van der Waals surface area contributed by atoms with E-state index in [1.807, 2.05) is 23.6 Å². The first-order valence-electron chi connectivity index (χ1n) is 7.96. The minimum atomic E-state index is 0.307. The van der Waals surface area contributed by atoms with Gasteiger partial charge in [0.05, 0.1) is 0 Å². The van der Waals surface area contributed by atoms with Crippen molar-refractivity contribution in [3.8, 4) is 11.4 Å². The van der Waals surface area contributed by atoms with Crippen molar-refractivity contribution in [1.82, 2.24) is 19.8 Å². The molecule has 7 heteroatoms. The van der Waals surface area contributed by atoms with Gasteiger partial charge in [0.2, 0.25) is 0 Å². The zero-order chi connectivity index (χ0) is 15.6. The second kappa shape index (κ2) is 6.25. The predicted octanol–water partition coefficient (Wildman–Crippen LogP) is 2.82. The summed E-state index contributed by atoms with van der Waals surface area (Å²) < 4.78 is 1.80. The van der Waals surface area contributed by atoms with Gasteiger partial charge >= 0.3 is 0 Å². The highest BCUT2D eigenvalue weighted by atomic mass is 32.1. The summed E-state index contributed by atoms with van der Waals surface area (Å²) in [6.07, 6.45) is 4.29. The molecule has 0 saturated heterocycles. The van der Waals surface area contributed by atoms with Crippen LogP contribution in [0, 0.1) is 5.92 Å². The lowest BCUT2D eigenvalue weighted by atomic mass is 9.86. The third-order valence-corrected chi connectivity index (χ3v) is 5.18. The third kappa shape index (κ3) is 2.94. The number of thiophene rings is 1. The molecular weight excluding hydrogens is 310 g/mol. The van der Waals surface area contributed by atoms with Crippen molar-refractivity contribution in [2.24, 2.45) is 5.92 Å². The van der Waals surface area contributed by atoms with Crippen LogP contribution in [0.3, 0.4) is 0 Å². The molecule has 4 rings (SSSR count). The van der Waals surface area contributed by atoms with Crippen LogP contribution >= 0.6 is 11.3 Å². The molecule has 6 nitrogen and oxygen atoms in total. The SMILES string of the molecule is OCC1CCC(Nc2ccc3nnc(-c4ccsc4)n3n2)CC1. The van der Waals surface area contributed by atoms with E-state index in [0.717, 1.165) is 48.5 Å². The Balaban J connectivity index is 1.56. The lowest BCUT2D eigenvalue weighted by Gasteiger charge is -2.28. The molecule has 23 heavy (non-hydrogen) atoms. The smallest absolute Gasteiger partial charge is 0.186 e. The normalized spacial score (nSPS) is 21.6. The lowest BCUT2D eigenvalue weighted by Crippen LogP contribution is -2.27. The van der Waals surface area contributed by atoms with Crippen LogP contribution in [-0.2, 0) is 0 Å². The highest BCUT2D eigenvalue weighted by molar-refractivity contribution is 7.08. The number of aliphatic hydroxyl groups excluding tert-OH is 1. The molecular formula is C16H19N5OS. The molecule has 0 aliphatic heterocycles. The summed E-state index contributed by atoms with van der Waals surface area (Å²) >= 11 is 1.64. The fourth-order valence-corrected chi connectivity index (χ4v) is 3.77. The molecule has 1 aliphatic carbocycles. The molecule has 1 fully saturated rings. The van der Waals surface area contributed by atoms with E-state index in [1.54, 1.807) is 15.9 Å². The predicted molar refractivity (Wildman–Crippen MR) is 90.5 cm³/mol. The number of anilines is 1. The average Bonchev–Trinajstić information content (AvgIpc) is 3.24. The molecule has 1 aliphatic rings. The second-order valence-electron chi connectivity index (χ2n) is 6.07. The second-order valence-corrected chi connectivity index (χ2v) is 6.85. The number of hydrogen-bond acceptors (Lipinski definition) is 6. The zero-order valence-corrected chi connectivity index (χ0v) is 13.5. The van der Waals surface area contributed by atoms with Gasteiger partial charge in [0, 0.05) is 23.6 Å². The van der Waals surface area contributed by atoms with Crippen molar-refractivity contribution in [2.75, 3.05) is 11.9 Å². The van der Waals surface area contributed by atoms with Gasteiger partial charge in [0.1, 0.15) is 5.82 Å². The maximum atomic E-state index is 9.23. The van der Waals surface area contributed by atoms with E-state index >= 15 is 0 Å². The summed E-state index contributed by atoms with van der Waals surface area (Å²) in [5, 5.41) is 29.9. The standard InChI is InChI=1S/C16H19N5OS/c22-9-11-1-3-13(4-2-11)17-14-5-6-15-18-19-16(21(15)20-14)12-7-8-23-10-12/h5-8,10-11,13,22H,1-4,9H2,(H,17,20). The fraction of sp³-hybridized carbons (Fsp3) is 0.438. The Labute approximate surface area is 138 Å². The van der Waals surface area contributed by atoms with Gasteiger partial charge in [0.25, 0.3) is 0 Å². The van der Waals surface area contributed by atoms with Gasteiger partial charge in [0.15, 0.2) is 11.5 Å². The van der Waals surface area contributed by atoms with E-state index in [2.05, 4.69) is 26.0 Å². The Kier molecular flexibility index (Phi) is 3.97. The van der Waals surface area contributed by atoms with E-state index in [-0.39, 0.29) is 0 Å². The van der Waals surface area contributed by atoms with Crippen LogP contribution in [0.25, 0.3) is 17.0 Å².